The highest BCUT2D eigenvalue weighted by Gasteiger charge is 2.07. The molecule has 0 unspecified atom stereocenters. The van der Waals surface area contributed by atoms with Crippen LogP contribution in [-0.2, 0) is 4.74 Å². The second-order valence-corrected chi connectivity index (χ2v) is 3.50. The van der Waals surface area contributed by atoms with Crippen LogP contribution in [0, 0.1) is 5.82 Å². The van der Waals surface area contributed by atoms with Gasteiger partial charge in [0.05, 0.1) is 23.9 Å². The molecule has 1 rings (SSSR count). The van der Waals surface area contributed by atoms with Gasteiger partial charge in [-0.3, -0.25) is 5.43 Å². The topological polar surface area (TPSA) is 71.7 Å². The molecule has 0 aromatic heterocycles. The maximum atomic E-state index is 13.5. The first-order valence-electron chi connectivity index (χ1n) is 4.90. The normalized spacial score (nSPS) is 11.4. The molecule has 0 fully saturated rings. The maximum Gasteiger partial charge on any atom is 0.210 e. The van der Waals surface area contributed by atoms with Crippen LogP contribution in [0.5, 0.6) is 0 Å². The first kappa shape index (κ1) is 13.7. The SMILES string of the molecule is COCCN=C(NN)Nc1cccc(Cl)c1F. The molecule has 0 spiro atoms. The van der Waals surface area contributed by atoms with Crippen LogP contribution >= 0.6 is 11.6 Å². The highest BCUT2D eigenvalue weighted by atomic mass is 35.5. The number of methoxy groups -OCH3 is 1. The van der Waals surface area contributed by atoms with E-state index in [1.807, 2.05) is 0 Å². The predicted molar refractivity (Wildman–Crippen MR) is 66.5 cm³/mol. The molecule has 0 amide bonds. The Labute approximate surface area is 104 Å². The number of ether oxygens (including phenoxy) is 1. The van der Waals surface area contributed by atoms with E-state index in [-0.39, 0.29) is 16.7 Å². The van der Waals surface area contributed by atoms with E-state index in [9.17, 15) is 4.39 Å². The lowest BCUT2D eigenvalue weighted by molar-refractivity contribution is 0.208. The summed E-state index contributed by atoms with van der Waals surface area (Å²) in [5.41, 5.74) is 2.53. The quantitative estimate of drug-likeness (QED) is 0.251. The zero-order valence-electron chi connectivity index (χ0n) is 9.34. The molecule has 94 valence electrons. The first-order chi connectivity index (χ1) is 8.19. The summed E-state index contributed by atoms with van der Waals surface area (Å²) in [5.74, 6) is 4.94. The van der Waals surface area contributed by atoms with Crippen LogP contribution in [0.4, 0.5) is 10.1 Å². The monoisotopic (exact) mass is 260 g/mol. The minimum atomic E-state index is -0.552. The molecule has 0 saturated heterocycles. The molecule has 7 heteroatoms. The fourth-order valence-electron chi connectivity index (χ4n) is 1.10. The number of nitrogens with zero attached hydrogens (tertiary/aromatic N) is 1. The molecule has 0 bridgehead atoms. The van der Waals surface area contributed by atoms with Gasteiger partial charge in [-0.15, -0.1) is 0 Å². The molecule has 1 aromatic carbocycles. The number of anilines is 1. The minimum Gasteiger partial charge on any atom is -0.383 e. The van der Waals surface area contributed by atoms with Crippen molar-refractivity contribution in [2.45, 2.75) is 0 Å². The Morgan fingerprint density at radius 1 is 1.59 bits per heavy atom. The van der Waals surface area contributed by atoms with Crippen LogP contribution in [0.3, 0.4) is 0 Å². The van der Waals surface area contributed by atoms with Crippen molar-refractivity contribution in [3.8, 4) is 0 Å². The third kappa shape index (κ3) is 4.18. The lowest BCUT2D eigenvalue weighted by Gasteiger charge is -2.10. The van der Waals surface area contributed by atoms with E-state index in [0.29, 0.717) is 13.2 Å². The maximum absolute atomic E-state index is 13.5. The van der Waals surface area contributed by atoms with Crippen molar-refractivity contribution < 1.29 is 9.13 Å². The van der Waals surface area contributed by atoms with E-state index < -0.39 is 5.82 Å². The number of nitrogens with two attached hydrogens (primary N) is 1. The Morgan fingerprint density at radius 3 is 3.00 bits per heavy atom. The zero-order chi connectivity index (χ0) is 12.7. The van der Waals surface area contributed by atoms with Gasteiger partial charge in [0.25, 0.3) is 0 Å². The van der Waals surface area contributed by atoms with Gasteiger partial charge in [-0.1, -0.05) is 17.7 Å². The molecular formula is C10H14ClFN4O. The molecule has 0 aliphatic heterocycles. The number of halogens is 2. The average molecular weight is 261 g/mol. The van der Waals surface area contributed by atoms with Gasteiger partial charge in [0.2, 0.25) is 5.96 Å². The molecule has 0 radical (unpaired) electrons. The zero-order valence-corrected chi connectivity index (χ0v) is 10.1. The molecule has 0 aliphatic rings. The van der Waals surface area contributed by atoms with Gasteiger partial charge < -0.3 is 10.1 Å². The molecule has 1 aromatic rings. The van der Waals surface area contributed by atoms with Crippen LogP contribution in [0.1, 0.15) is 0 Å². The van der Waals surface area contributed by atoms with Crippen molar-refractivity contribution in [2.75, 3.05) is 25.6 Å². The Bertz CT molecular complexity index is 400. The molecule has 0 saturated carbocycles. The van der Waals surface area contributed by atoms with Crippen LogP contribution in [-0.4, -0.2) is 26.2 Å². The predicted octanol–water partition coefficient (Wildman–Crippen LogP) is 1.36. The second-order valence-electron chi connectivity index (χ2n) is 3.09. The van der Waals surface area contributed by atoms with Gasteiger partial charge in [0, 0.05) is 7.11 Å². The van der Waals surface area contributed by atoms with E-state index in [1.165, 1.54) is 12.1 Å². The third-order valence-corrected chi connectivity index (χ3v) is 2.20. The van der Waals surface area contributed by atoms with E-state index in [4.69, 9.17) is 22.2 Å². The molecular weight excluding hydrogens is 247 g/mol. The number of rotatable bonds is 4. The molecule has 0 atom stereocenters. The summed E-state index contributed by atoms with van der Waals surface area (Å²) in [7, 11) is 1.56. The summed E-state index contributed by atoms with van der Waals surface area (Å²) < 4.78 is 18.4. The van der Waals surface area contributed by atoms with Crippen molar-refractivity contribution in [2.24, 2.45) is 10.8 Å². The second kappa shape index (κ2) is 7.05. The van der Waals surface area contributed by atoms with Crippen LogP contribution in [0.15, 0.2) is 23.2 Å². The first-order valence-corrected chi connectivity index (χ1v) is 5.28. The van der Waals surface area contributed by atoms with Crippen molar-refractivity contribution in [1.82, 2.24) is 5.43 Å². The van der Waals surface area contributed by atoms with E-state index in [0.717, 1.165) is 0 Å². The summed E-state index contributed by atoms with van der Waals surface area (Å²) in [6, 6.07) is 4.61. The minimum absolute atomic E-state index is 0.0308. The largest absolute Gasteiger partial charge is 0.383 e. The van der Waals surface area contributed by atoms with E-state index in [2.05, 4.69) is 15.7 Å². The summed E-state index contributed by atoms with van der Waals surface area (Å²) in [4.78, 5) is 4.03. The summed E-state index contributed by atoms with van der Waals surface area (Å²) in [6.07, 6.45) is 0. The molecule has 0 aliphatic carbocycles. The number of aliphatic imine (C=N–C) groups is 1. The van der Waals surface area contributed by atoms with Gasteiger partial charge in [-0.25, -0.2) is 15.2 Å². The van der Waals surface area contributed by atoms with Gasteiger partial charge in [-0.2, -0.15) is 0 Å². The Hall–Kier alpha value is -1.37. The van der Waals surface area contributed by atoms with Crippen molar-refractivity contribution in [3.05, 3.63) is 29.0 Å². The standard InChI is InChI=1S/C10H14ClFN4O/c1-17-6-5-14-10(16-13)15-8-4-2-3-7(11)9(8)12/h2-4H,5-6,13H2,1H3,(H2,14,15,16). The Balaban J connectivity index is 2.73. The number of hydrogen-bond donors (Lipinski definition) is 3. The fourth-order valence-corrected chi connectivity index (χ4v) is 1.27. The molecule has 5 nitrogen and oxygen atoms in total. The molecule has 17 heavy (non-hydrogen) atoms. The van der Waals surface area contributed by atoms with Crippen molar-refractivity contribution >= 4 is 23.2 Å². The highest BCUT2D eigenvalue weighted by molar-refractivity contribution is 6.31. The summed E-state index contributed by atoms with van der Waals surface area (Å²) in [6.45, 7) is 0.857. The van der Waals surface area contributed by atoms with Gasteiger partial charge in [0.1, 0.15) is 0 Å². The Kier molecular flexibility index (Phi) is 5.68. The number of benzene rings is 1. The number of nitrogens with one attached hydrogen (secondary N) is 2. The number of hydrogen-bond acceptors (Lipinski definition) is 3. The smallest absolute Gasteiger partial charge is 0.210 e. The molecule has 4 N–H and O–H groups in total. The summed E-state index contributed by atoms with van der Waals surface area (Å²) in [5, 5.41) is 2.73. The van der Waals surface area contributed by atoms with Crippen LogP contribution in [0.2, 0.25) is 5.02 Å². The highest BCUT2D eigenvalue weighted by Crippen LogP contribution is 2.21. The Morgan fingerprint density at radius 2 is 2.35 bits per heavy atom. The van der Waals surface area contributed by atoms with Crippen molar-refractivity contribution in [3.63, 3.8) is 0 Å². The van der Waals surface area contributed by atoms with Crippen LogP contribution in [0.25, 0.3) is 0 Å². The lowest BCUT2D eigenvalue weighted by Crippen LogP contribution is -2.36. The average Bonchev–Trinajstić information content (AvgIpc) is 2.33. The number of guanidine groups is 1. The number of hydrazine groups is 1. The fraction of sp³-hybridized carbons (Fsp3) is 0.300. The lowest BCUT2D eigenvalue weighted by atomic mass is 10.3. The van der Waals surface area contributed by atoms with Crippen molar-refractivity contribution in [1.29, 1.82) is 0 Å². The summed E-state index contributed by atoms with van der Waals surface area (Å²) >= 11 is 5.64. The van der Waals surface area contributed by atoms with Gasteiger partial charge in [-0.05, 0) is 12.1 Å². The van der Waals surface area contributed by atoms with Gasteiger partial charge in [0.15, 0.2) is 5.82 Å². The van der Waals surface area contributed by atoms with E-state index >= 15 is 0 Å². The van der Waals surface area contributed by atoms with Crippen LogP contribution < -0.4 is 16.6 Å². The van der Waals surface area contributed by atoms with E-state index in [1.54, 1.807) is 13.2 Å². The third-order valence-electron chi connectivity index (χ3n) is 1.91. The van der Waals surface area contributed by atoms with Gasteiger partial charge >= 0.3 is 0 Å². The molecule has 0 heterocycles.